The van der Waals surface area contributed by atoms with Gasteiger partial charge < -0.3 is 15.5 Å². The van der Waals surface area contributed by atoms with Crippen LogP contribution in [-0.4, -0.2) is 41.5 Å². The summed E-state index contributed by atoms with van der Waals surface area (Å²) in [5, 5.41) is 5.63. The van der Waals surface area contributed by atoms with Crippen LogP contribution in [0.15, 0.2) is 0 Å². The molecule has 1 aliphatic heterocycles. The van der Waals surface area contributed by atoms with Gasteiger partial charge in [-0.3, -0.25) is 4.79 Å². The Labute approximate surface area is 102 Å². The van der Waals surface area contributed by atoms with Gasteiger partial charge in [0.25, 0.3) is 0 Å². The zero-order valence-corrected chi connectivity index (χ0v) is 10.7. The van der Waals surface area contributed by atoms with Gasteiger partial charge in [0.05, 0.1) is 6.04 Å². The predicted octanol–water partition coefficient (Wildman–Crippen LogP) is 0.703. The molecule has 0 radical (unpaired) electrons. The van der Waals surface area contributed by atoms with E-state index in [9.17, 15) is 9.59 Å². The van der Waals surface area contributed by atoms with Crippen LogP contribution in [0.25, 0.3) is 0 Å². The molecule has 5 heteroatoms. The molecule has 96 valence electrons. The quantitative estimate of drug-likeness (QED) is 0.761. The third-order valence-corrected chi connectivity index (χ3v) is 3.38. The maximum Gasteiger partial charge on any atom is 0.315 e. The summed E-state index contributed by atoms with van der Waals surface area (Å²) in [6, 6.07) is 0.326. The lowest BCUT2D eigenvalue weighted by atomic mass is 10.2. The van der Waals surface area contributed by atoms with Crippen LogP contribution in [-0.2, 0) is 4.79 Å². The van der Waals surface area contributed by atoms with Gasteiger partial charge in [-0.1, -0.05) is 6.92 Å². The first-order valence-corrected chi connectivity index (χ1v) is 6.34. The van der Waals surface area contributed by atoms with Crippen LogP contribution in [0, 0.1) is 5.92 Å². The standard InChI is InChI=1S/C12H21N3O2/c1-7(2)13-12(17)14-9-5-11(16)15(6-9)10-4-8(10)3/h7-10H,4-6H2,1-3H3,(H2,13,14,17)/t8-,9-,10-/m1/s1. The van der Waals surface area contributed by atoms with E-state index in [0.717, 1.165) is 6.42 Å². The van der Waals surface area contributed by atoms with Crippen molar-refractivity contribution < 1.29 is 9.59 Å². The third kappa shape index (κ3) is 2.90. The maximum absolute atomic E-state index is 11.8. The Morgan fingerprint density at radius 2 is 2.12 bits per heavy atom. The summed E-state index contributed by atoms with van der Waals surface area (Å²) < 4.78 is 0. The van der Waals surface area contributed by atoms with Gasteiger partial charge in [-0.05, 0) is 26.2 Å². The largest absolute Gasteiger partial charge is 0.337 e. The Morgan fingerprint density at radius 1 is 1.47 bits per heavy atom. The molecule has 1 aliphatic carbocycles. The molecular formula is C12H21N3O2. The molecule has 5 nitrogen and oxygen atoms in total. The summed E-state index contributed by atoms with van der Waals surface area (Å²) in [6.45, 7) is 6.65. The highest BCUT2D eigenvalue weighted by Gasteiger charge is 2.44. The molecule has 1 heterocycles. The van der Waals surface area contributed by atoms with Crippen LogP contribution in [0.3, 0.4) is 0 Å². The number of carbonyl (C=O) groups excluding carboxylic acids is 2. The van der Waals surface area contributed by atoms with Gasteiger partial charge in [0.1, 0.15) is 0 Å². The number of likely N-dealkylation sites (tertiary alicyclic amines) is 1. The summed E-state index contributed by atoms with van der Waals surface area (Å²) >= 11 is 0. The molecule has 2 N–H and O–H groups in total. The number of urea groups is 1. The lowest BCUT2D eigenvalue weighted by Crippen LogP contribution is -2.45. The Morgan fingerprint density at radius 3 is 2.65 bits per heavy atom. The van der Waals surface area contributed by atoms with Crippen LogP contribution >= 0.6 is 0 Å². The van der Waals surface area contributed by atoms with E-state index in [2.05, 4.69) is 17.6 Å². The van der Waals surface area contributed by atoms with Crippen molar-refractivity contribution in [1.82, 2.24) is 15.5 Å². The molecule has 0 aromatic carbocycles. The molecule has 0 bridgehead atoms. The molecule has 0 spiro atoms. The van der Waals surface area contributed by atoms with Gasteiger partial charge in [0.15, 0.2) is 0 Å². The van der Waals surface area contributed by atoms with E-state index in [4.69, 9.17) is 0 Å². The Balaban J connectivity index is 1.80. The minimum Gasteiger partial charge on any atom is -0.337 e. The predicted molar refractivity (Wildman–Crippen MR) is 64.5 cm³/mol. The first-order chi connectivity index (χ1) is 7.97. The minimum atomic E-state index is -0.177. The van der Waals surface area contributed by atoms with Crippen molar-refractivity contribution in [3.05, 3.63) is 0 Å². The number of nitrogens with zero attached hydrogens (tertiary/aromatic N) is 1. The molecule has 1 saturated heterocycles. The van der Waals surface area contributed by atoms with Crippen molar-refractivity contribution in [2.45, 2.75) is 51.7 Å². The second kappa shape index (κ2) is 4.55. The van der Waals surface area contributed by atoms with Crippen molar-refractivity contribution in [3.8, 4) is 0 Å². The normalized spacial score (nSPS) is 31.9. The van der Waals surface area contributed by atoms with Crippen LogP contribution in [0.2, 0.25) is 0 Å². The first kappa shape index (κ1) is 12.2. The van der Waals surface area contributed by atoms with Crippen molar-refractivity contribution >= 4 is 11.9 Å². The fourth-order valence-corrected chi connectivity index (χ4v) is 2.37. The topological polar surface area (TPSA) is 61.4 Å². The summed E-state index contributed by atoms with van der Waals surface area (Å²) in [7, 11) is 0. The second-order valence-corrected chi connectivity index (χ2v) is 5.50. The number of hydrogen-bond acceptors (Lipinski definition) is 2. The number of nitrogens with one attached hydrogen (secondary N) is 2. The molecule has 2 aliphatic rings. The summed E-state index contributed by atoms with van der Waals surface area (Å²) in [6.07, 6.45) is 1.55. The maximum atomic E-state index is 11.8. The highest BCUT2D eigenvalue weighted by Crippen LogP contribution is 2.37. The monoisotopic (exact) mass is 239 g/mol. The molecular weight excluding hydrogens is 218 g/mol. The number of amides is 3. The molecule has 0 aromatic heterocycles. The van der Waals surface area contributed by atoms with Crippen molar-refractivity contribution in [2.24, 2.45) is 5.92 Å². The fourth-order valence-electron chi connectivity index (χ4n) is 2.37. The van der Waals surface area contributed by atoms with Crippen LogP contribution < -0.4 is 10.6 Å². The van der Waals surface area contributed by atoms with Gasteiger partial charge in [-0.15, -0.1) is 0 Å². The van der Waals surface area contributed by atoms with E-state index < -0.39 is 0 Å². The highest BCUT2D eigenvalue weighted by atomic mass is 16.2. The lowest BCUT2D eigenvalue weighted by molar-refractivity contribution is -0.128. The molecule has 17 heavy (non-hydrogen) atoms. The molecule has 0 aromatic rings. The Kier molecular flexibility index (Phi) is 3.26. The smallest absolute Gasteiger partial charge is 0.315 e. The molecule has 3 atom stereocenters. The molecule has 0 unspecified atom stereocenters. The summed E-state index contributed by atoms with van der Waals surface area (Å²) in [5.41, 5.74) is 0. The minimum absolute atomic E-state index is 0.0333. The molecule has 1 saturated carbocycles. The van der Waals surface area contributed by atoms with E-state index in [1.807, 2.05) is 18.7 Å². The van der Waals surface area contributed by atoms with E-state index in [1.165, 1.54) is 0 Å². The van der Waals surface area contributed by atoms with Gasteiger partial charge in [-0.2, -0.15) is 0 Å². The van der Waals surface area contributed by atoms with E-state index in [-0.39, 0.29) is 24.0 Å². The van der Waals surface area contributed by atoms with Gasteiger partial charge in [0, 0.05) is 25.0 Å². The number of hydrogen-bond donors (Lipinski definition) is 2. The summed E-state index contributed by atoms with van der Waals surface area (Å²) in [5.74, 6) is 0.802. The van der Waals surface area contributed by atoms with Crippen molar-refractivity contribution in [2.75, 3.05) is 6.54 Å². The number of carbonyl (C=O) groups is 2. The Hall–Kier alpha value is -1.26. The van der Waals surface area contributed by atoms with E-state index in [0.29, 0.717) is 24.9 Å². The summed E-state index contributed by atoms with van der Waals surface area (Å²) in [4.78, 5) is 25.2. The van der Waals surface area contributed by atoms with E-state index >= 15 is 0 Å². The van der Waals surface area contributed by atoms with Gasteiger partial charge in [-0.25, -0.2) is 4.79 Å². The SMILES string of the molecule is CC(C)NC(=O)N[C@@H]1CC(=O)N([C@@H]2C[C@H]2C)C1. The van der Waals surface area contributed by atoms with Crippen molar-refractivity contribution in [3.63, 3.8) is 0 Å². The average molecular weight is 239 g/mol. The molecule has 2 rings (SSSR count). The van der Waals surface area contributed by atoms with Crippen LogP contribution in [0.1, 0.15) is 33.6 Å². The van der Waals surface area contributed by atoms with Gasteiger partial charge in [0.2, 0.25) is 5.91 Å². The zero-order valence-electron chi connectivity index (χ0n) is 10.7. The zero-order chi connectivity index (χ0) is 12.6. The van der Waals surface area contributed by atoms with E-state index in [1.54, 1.807) is 0 Å². The van der Waals surface area contributed by atoms with Gasteiger partial charge >= 0.3 is 6.03 Å². The number of rotatable bonds is 3. The molecule has 3 amide bonds. The second-order valence-electron chi connectivity index (χ2n) is 5.50. The first-order valence-electron chi connectivity index (χ1n) is 6.34. The lowest BCUT2D eigenvalue weighted by Gasteiger charge is -2.17. The fraction of sp³-hybridized carbons (Fsp3) is 0.833. The highest BCUT2D eigenvalue weighted by molar-refractivity contribution is 5.82. The van der Waals surface area contributed by atoms with Crippen LogP contribution in [0.4, 0.5) is 4.79 Å². The van der Waals surface area contributed by atoms with Crippen LogP contribution in [0.5, 0.6) is 0 Å². The molecule has 2 fully saturated rings. The average Bonchev–Trinajstić information content (AvgIpc) is 2.78. The van der Waals surface area contributed by atoms with Crippen molar-refractivity contribution in [1.29, 1.82) is 0 Å². The third-order valence-electron chi connectivity index (χ3n) is 3.38. The Bertz CT molecular complexity index is 330.